The highest BCUT2D eigenvalue weighted by Gasteiger charge is 2.49. The second-order valence-electron chi connectivity index (χ2n) is 17.3. The van der Waals surface area contributed by atoms with Crippen LogP contribution in [-0.2, 0) is 10.8 Å². The quantitative estimate of drug-likeness (QED) is 0.0973. The molecule has 0 amide bonds. The second kappa shape index (κ2) is 18.1. The number of alkyl halides is 5. The van der Waals surface area contributed by atoms with Crippen molar-refractivity contribution in [3.8, 4) is 0 Å². The Morgan fingerprint density at radius 1 is 1.09 bits per heavy atom. The van der Waals surface area contributed by atoms with E-state index < -0.39 is 24.1 Å². The number of aliphatic hydroxyl groups is 1. The summed E-state index contributed by atoms with van der Waals surface area (Å²) in [4.78, 5) is 14.2. The van der Waals surface area contributed by atoms with Gasteiger partial charge < -0.3 is 14.9 Å². The lowest BCUT2D eigenvalue weighted by Gasteiger charge is -2.52. The topological polar surface area (TPSA) is 51.5 Å². The summed E-state index contributed by atoms with van der Waals surface area (Å²) < 4.78 is 75.6. The summed E-state index contributed by atoms with van der Waals surface area (Å²) in [5.41, 5.74) is 3.54. The number of halogens is 5. The number of likely N-dealkylation sites (N-methyl/N-ethyl adjacent to an activating group) is 3. The Morgan fingerprint density at radius 3 is 2.28 bits per heavy atom. The monoisotopic (exact) mass is 765 g/mol. The molecule has 0 saturated heterocycles. The van der Waals surface area contributed by atoms with E-state index in [1.807, 2.05) is 35.0 Å². The molecule has 0 aromatic heterocycles. The highest BCUT2D eigenvalue weighted by molar-refractivity contribution is 5.53. The van der Waals surface area contributed by atoms with Crippen LogP contribution in [0.3, 0.4) is 0 Å². The van der Waals surface area contributed by atoms with E-state index in [0.717, 1.165) is 43.0 Å². The van der Waals surface area contributed by atoms with Crippen LogP contribution in [0.4, 0.5) is 22.0 Å². The summed E-state index contributed by atoms with van der Waals surface area (Å²) >= 11 is 0. The van der Waals surface area contributed by atoms with Gasteiger partial charge in [0.15, 0.2) is 6.17 Å². The molecule has 4 unspecified atom stereocenters. The molecule has 2 aliphatic carbocycles. The third-order valence-corrected chi connectivity index (χ3v) is 11.5. The molecule has 0 radical (unpaired) electrons. The summed E-state index contributed by atoms with van der Waals surface area (Å²) in [6.07, 6.45) is 2.48. The Balaban J connectivity index is 1.84. The molecular formula is C43H65F5N4O2. The minimum Gasteiger partial charge on any atom is -0.389 e. The van der Waals surface area contributed by atoms with Crippen LogP contribution >= 0.6 is 0 Å². The Kier molecular flexibility index (Phi) is 14.8. The predicted octanol–water partition coefficient (Wildman–Crippen LogP) is 10.3. The van der Waals surface area contributed by atoms with Crippen LogP contribution in [0.2, 0.25) is 0 Å². The van der Waals surface area contributed by atoms with Crippen molar-refractivity contribution in [3.63, 3.8) is 0 Å². The zero-order valence-electron chi connectivity index (χ0n) is 34.1. The number of hydrogen-bond donors (Lipinski definition) is 1. The fourth-order valence-electron chi connectivity index (χ4n) is 9.11. The standard InChI is InChI=1S/C43H65F5N4O2/c1-11-12-32(19-22-50(8)26-29(25-49-7)27-51(9)54-28(2)3)40-38(39(44)31-13-15-33(16-14-31)42(6,45)46)36(30-17-20-43(47,48)21-18-30)37-34(52(40)10)23-41(4,5)24-35(37)53/h13-16,25,28,30,32,34-35,39,53H,7,11-12,17-24,26-27H2,1-6,8-10H3/b29-25+. The van der Waals surface area contributed by atoms with Crippen LogP contribution in [0.5, 0.6) is 0 Å². The summed E-state index contributed by atoms with van der Waals surface area (Å²) in [7, 11) is 5.91. The van der Waals surface area contributed by atoms with E-state index in [-0.39, 0.29) is 66.2 Å². The molecule has 1 aliphatic heterocycles. The van der Waals surface area contributed by atoms with Crippen molar-refractivity contribution in [1.82, 2.24) is 14.9 Å². The predicted molar refractivity (Wildman–Crippen MR) is 208 cm³/mol. The molecule has 0 spiro atoms. The van der Waals surface area contributed by atoms with Gasteiger partial charge in [0.05, 0.1) is 18.2 Å². The molecule has 4 rings (SSSR count). The van der Waals surface area contributed by atoms with Gasteiger partial charge in [-0.05, 0) is 106 Å². The first-order valence-electron chi connectivity index (χ1n) is 19.8. The molecule has 3 aliphatic rings. The zero-order chi connectivity index (χ0) is 40.2. The number of hydrogen-bond acceptors (Lipinski definition) is 6. The number of benzene rings is 1. The molecule has 6 nitrogen and oxygen atoms in total. The van der Waals surface area contributed by atoms with Crippen molar-refractivity contribution in [2.24, 2.45) is 22.2 Å². The van der Waals surface area contributed by atoms with Crippen LogP contribution in [0.1, 0.15) is 117 Å². The Hall–Kier alpha value is -2.60. The highest BCUT2D eigenvalue weighted by atomic mass is 19.3. The minimum absolute atomic E-state index is 0.0284. The van der Waals surface area contributed by atoms with Crippen molar-refractivity contribution >= 4 is 6.72 Å². The van der Waals surface area contributed by atoms with Gasteiger partial charge >= 0.3 is 0 Å². The maximum absolute atomic E-state index is 17.7. The van der Waals surface area contributed by atoms with Crippen LogP contribution in [0.25, 0.3) is 0 Å². The number of rotatable bonds is 17. The van der Waals surface area contributed by atoms with E-state index in [0.29, 0.717) is 43.6 Å². The van der Waals surface area contributed by atoms with Gasteiger partial charge in [-0.15, -0.1) is 0 Å². The van der Waals surface area contributed by atoms with E-state index in [9.17, 15) is 22.7 Å². The van der Waals surface area contributed by atoms with Crippen molar-refractivity contribution < 1.29 is 31.9 Å². The smallest absolute Gasteiger partial charge is 0.270 e. The molecule has 54 heavy (non-hydrogen) atoms. The zero-order valence-corrected chi connectivity index (χ0v) is 34.1. The maximum Gasteiger partial charge on any atom is 0.270 e. The molecule has 0 bridgehead atoms. The number of hydroxylamine groups is 2. The lowest BCUT2D eigenvalue weighted by molar-refractivity contribution is -0.164. The summed E-state index contributed by atoms with van der Waals surface area (Å²) in [5.74, 6) is -6.33. The third-order valence-electron chi connectivity index (χ3n) is 11.5. The molecule has 304 valence electrons. The molecule has 2 fully saturated rings. The highest BCUT2D eigenvalue weighted by Crippen LogP contribution is 2.55. The van der Waals surface area contributed by atoms with Crippen molar-refractivity contribution in [3.05, 3.63) is 69.6 Å². The molecule has 1 aromatic carbocycles. The van der Waals surface area contributed by atoms with Crippen molar-refractivity contribution in [2.45, 2.75) is 136 Å². The first kappa shape index (κ1) is 44.1. The number of fused-ring (bicyclic) bond motifs is 1. The van der Waals surface area contributed by atoms with Gasteiger partial charge in [0.2, 0.25) is 5.92 Å². The molecular weight excluding hydrogens is 699 g/mol. The summed E-state index contributed by atoms with van der Waals surface area (Å²) in [6.45, 7) is 16.6. The lowest BCUT2D eigenvalue weighted by atomic mass is 9.63. The Labute approximate surface area is 321 Å². The molecule has 11 heteroatoms. The van der Waals surface area contributed by atoms with Crippen LogP contribution in [0.15, 0.2) is 63.4 Å². The fourth-order valence-corrected chi connectivity index (χ4v) is 9.11. The SMILES string of the molecule is C=N/C=C(\CN(C)CCC(CCC)C1=C(C(F)c2ccc(C(C)(F)F)cc2)C(C2CCC(F)(F)CC2)=C2C(O)CC(C)(C)CC2N1C)CN(C)OC(C)C. The molecule has 4 atom stereocenters. The van der Waals surface area contributed by atoms with Crippen LogP contribution in [0, 0.1) is 17.3 Å². The third kappa shape index (κ3) is 11.0. The average molecular weight is 765 g/mol. The summed E-state index contributed by atoms with van der Waals surface area (Å²) in [6, 6.07) is 5.17. The van der Waals surface area contributed by atoms with Gasteiger partial charge in [0.1, 0.15) is 0 Å². The van der Waals surface area contributed by atoms with Gasteiger partial charge in [-0.3, -0.25) is 9.83 Å². The average Bonchev–Trinajstić information content (AvgIpc) is 3.06. The Bertz CT molecular complexity index is 1510. The van der Waals surface area contributed by atoms with Crippen molar-refractivity contribution in [2.75, 3.05) is 40.8 Å². The number of nitrogens with zero attached hydrogens (tertiary/aromatic N) is 4. The van der Waals surface area contributed by atoms with Gasteiger partial charge in [-0.25, -0.2) is 22.0 Å². The van der Waals surface area contributed by atoms with Crippen LogP contribution < -0.4 is 0 Å². The van der Waals surface area contributed by atoms with Gasteiger partial charge in [0.25, 0.3) is 5.92 Å². The molecule has 1 aromatic rings. The molecule has 1 N–H and O–H groups in total. The van der Waals surface area contributed by atoms with E-state index in [2.05, 4.69) is 42.3 Å². The largest absolute Gasteiger partial charge is 0.389 e. The number of aliphatic imine (C=N–C) groups is 1. The van der Waals surface area contributed by atoms with E-state index in [4.69, 9.17) is 4.84 Å². The van der Waals surface area contributed by atoms with Crippen LogP contribution in [-0.4, -0.2) is 91.6 Å². The van der Waals surface area contributed by atoms with Crippen molar-refractivity contribution in [1.29, 1.82) is 0 Å². The maximum atomic E-state index is 17.7. The van der Waals surface area contributed by atoms with Gasteiger partial charge in [-0.2, -0.15) is 5.06 Å². The van der Waals surface area contributed by atoms with E-state index >= 15 is 4.39 Å². The normalized spacial score (nSPS) is 23.7. The van der Waals surface area contributed by atoms with E-state index in [1.165, 1.54) is 24.3 Å². The lowest BCUT2D eigenvalue weighted by Crippen LogP contribution is -2.50. The number of allylic oxidation sites excluding steroid dienone is 3. The minimum atomic E-state index is -3.08. The molecule has 2 saturated carbocycles. The first-order valence-corrected chi connectivity index (χ1v) is 19.8. The fraction of sp³-hybridized carbons (Fsp3) is 0.698. The summed E-state index contributed by atoms with van der Waals surface area (Å²) in [5, 5.41) is 13.7. The van der Waals surface area contributed by atoms with Gasteiger partial charge in [0, 0.05) is 75.9 Å². The van der Waals surface area contributed by atoms with Gasteiger partial charge in [-0.1, -0.05) is 51.5 Å². The second-order valence-corrected chi connectivity index (χ2v) is 17.3. The molecule has 1 heterocycles. The number of aliphatic hydroxyl groups excluding tert-OH is 1. The Morgan fingerprint density at radius 2 is 1.72 bits per heavy atom. The van der Waals surface area contributed by atoms with E-state index in [1.54, 1.807) is 11.3 Å². The first-order chi connectivity index (χ1) is 25.2.